The monoisotopic (exact) mass is 366 g/mol. The summed E-state index contributed by atoms with van der Waals surface area (Å²) in [5.41, 5.74) is 2.14. The minimum absolute atomic E-state index is 0.0154. The number of aryl methyl sites for hydroxylation is 1. The standard InChI is InChI=1S/C20H18N2O3S/c1-25-20(24)17-15-9-5-6-10-16(15)26-19(17)22-18(23)14(12-21)11-13-7-3-2-4-8-13/h2-4,7-8,11H,5-6,9-10H2,1H3,(H,22,23)/b14-11+. The number of carbonyl (C=O) groups excluding carboxylic acids is 2. The lowest BCUT2D eigenvalue weighted by atomic mass is 9.95. The molecule has 1 aliphatic carbocycles. The van der Waals surface area contributed by atoms with Gasteiger partial charge in [0.15, 0.2) is 0 Å². The van der Waals surface area contributed by atoms with E-state index in [1.807, 2.05) is 36.4 Å². The van der Waals surface area contributed by atoms with Gasteiger partial charge in [-0.1, -0.05) is 30.3 Å². The van der Waals surface area contributed by atoms with Crippen molar-refractivity contribution in [2.45, 2.75) is 25.7 Å². The fourth-order valence-corrected chi connectivity index (χ4v) is 4.28. The van der Waals surface area contributed by atoms with Crippen LogP contribution in [0.25, 0.3) is 6.08 Å². The molecule has 3 rings (SSSR count). The summed E-state index contributed by atoms with van der Waals surface area (Å²) in [7, 11) is 1.33. The first-order chi connectivity index (χ1) is 12.6. The van der Waals surface area contributed by atoms with Crippen LogP contribution in [0.5, 0.6) is 0 Å². The second kappa shape index (κ2) is 7.98. The predicted molar refractivity (Wildman–Crippen MR) is 101 cm³/mol. The Balaban J connectivity index is 1.91. The van der Waals surface area contributed by atoms with E-state index in [2.05, 4.69) is 5.32 Å². The van der Waals surface area contributed by atoms with Gasteiger partial charge in [-0.05, 0) is 42.9 Å². The Bertz CT molecular complexity index is 907. The van der Waals surface area contributed by atoms with Crippen LogP contribution in [0.4, 0.5) is 5.00 Å². The first-order valence-corrected chi connectivity index (χ1v) is 9.16. The van der Waals surface area contributed by atoms with Crippen molar-refractivity contribution in [3.05, 3.63) is 57.5 Å². The van der Waals surface area contributed by atoms with E-state index in [4.69, 9.17) is 4.74 Å². The number of methoxy groups -OCH3 is 1. The van der Waals surface area contributed by atoms with Gasteiger partial charge in [-0.2, -0.15) is 5.26 Å². The molecule has 1 amide bonds. The molecule has 1 N–H and O–H groups in total. The lowest BCUT2D eigenvalue weighted by Gasteiger charge is -2.11. The van der Waals surface area contributed by atoms with Gasteiger partial charge in [-0.25, -0.2) is 4.79 Å². The lowest BCUT2D eigenvalue weighted by Crippen LogP contribution is -2.16. The molecule has 0 spiro atoms. The molecule has 0 bridgehead atoms. The normalized spacial score (nSPS) is 13.5. The van der Waals surface area contributed by atoms with E-state index in [0.717, 1.165) is 41.7 Å². The van der Waals surface area contributed by atoms with Crippen LogP contribution in [0.15, 0.2) is 35.9 Å². The zero-order valence-corrected chi connectivity index (χ0v) is 15.2. The highest BCUT2D eigenvalue weighted by atomic mass is 32.1. The molecule has 0 saturated heterocycles. The van der Waals surface area contributed by atoms with Crippen molar-refractivity contribution < 1.29 is 14.3 Å². The van der Waals surface area contributed by atoms with Crippen molar-refractivity contribution in [1.29, 1.82) is 5.26 Å². The maximum atomic E-state index is 12.6. The maximum absolute atomic E-state index is 12.6. The number of esters is 1. The highest BCUT2D eigenvalue weighted by Gasteiger charge is 2.27. The first kappa shape index (κ1) is 17.9. The summed E-state index contributed by atoms with van der Waals surface area (Å²) in [6.45, 7) is 0. The van der Waals surface area contributed by atoms with E-state index in [0.29, 0.717) is 10.6 Å². The Hall–Kier alpha value is -2.91. The third-order valence-electron chi connectivity index (χ3n) is 4.26. The Labute approximate surface area is 155 Å². The number of benzene rings is 1. The number of nitriles is 1. The van der Waals surface area contributed by atoms with Gasteiger partial charge in [0, 0.05) is 4.88 Å². The molecule has 0 aliphatic heterocycles. The Morgan fingerprint density at radius 3 is 2.65 bits per heavy atom. The van der Waals surface area contributed by atoms with E-state index >= 15 is 0 Å². The van der Waals surface area contributed by atoms with E-state index in [1.165, 1.54) is 24.5 Å². The highest BCUT2D eigenvalue weighted by Crippen LogP contribution is 2.38. The summed E-state index contributed by atoms with van der Waals surface area (Å²) in [6.07, 6.45) is 5.31. The van der Waals surface area contributed by atoms with Crippen molar-refractivity contribution in [2.24, 2.45) is 0 Å². The molecule has 1 aromatic heterocycles. The van der Waals surface area contributed by atoms with Gasteiger partial charge in [0.25, 0.3) is 5.91 Å². The number of anilines is 1. The molecule has 0 fully saturated rings. The quantitative estimate of drug-likeness (QED) is 0.505. The number of amides is 1. The number of thiophene rings is 1. The van der Waals surface area contributed by atoms with E-state index < -0.39 is 11.9 Å². The van der Waals surface area contributed by atoms with E-state index in [1.54, 1.807) is 0 Å². The number of carbonyl (C=O) groups is 2. The summed E-state index contributed by atoms with van der Waals surface area (Å²) in [5.74, 6) is -0.981. The maximum Gasteiger partial charge on any atom is 0.341 e. The fourth-order valence-electron chi connectivity index (χ4n) is 3.01. The van der Waals surface area contributed by atoms with Gasteiger partial charge in [-0.3, -0.25) is 4.79 Å². The van der Waals surface area contributed by atoms with Gasteiger partial charge >= 0.3 is 5.97 Å². The summed E-state index contributed by atoms with van der Waals surface area (Å²) in [4.78, 5) is 25.9. The minimum atomic E-state index is -0.528. The van der Waals surface area contributed by atoms with Crippen LogP contribution < -0.4 is 5.32 Å². The van der Waals surface area contributed by atoms with Crippen LogP contribution in [-0.4, -0.2) is 19.0 Å². The molecule has 2 aromatic rings. The highest BCUT2D eigenvalue weighted by molar-refractivity contribution is 7.17. The van der Waals surface area contributed by atoms with Crippen LogP contribution in [0.3, 0.4) is 0 Å². The van der Waals surface area contributed by atoms with Gasteiger partial charge < -0.3 is 10.1 Å². The number of hydrogen-bond acceptors (Lipinski definition) is 5. The van der Waals surface area contributed by atoms with Crippen LogP contribution in [0.1, 0.15) is 39.2 Å². The molecule has 1 heterocycles. The van der Waals surface area contributed by atoms with Crippen LogP contribution in [0.2, 0.25) is 0 Å². The number of ether oxygens (including phenoxy) is 1. The van der Waals surface area contributed by atoms with Gasteiger partial charge in [0.1, 0.15) is 16.6 Å². The van der Waals surface area contributed by atoms with Gasteiger partial charge in [0.2, 0.25) is 0 Å². The second-order valence-electron chi connectivity index (χ2n) is 5.94. The largest absolute Gasteiger partial charge is 0.465 e. The average Bonchev–Trinajstić information content (AvgIpc) is 3.04. The van der Waals surface area contributed by atoms with Crippen LogP contribution in [0, 0.1) is 11.3 Å². The zero-order valence-electron chi connectivity index (χ0n) is 14.4. The van der Waals surface area contributed by atoms with Crippen molar-refractivity contribution in [3.8, 4) is 6.07 Å². The lowest BCUT2D eigenvalue weighted by molar-refractivity contribution is -0.112. The third-order valence-corrected chi connectivity index (χ3v) is 5.47. The number of nitrogens with zero attached hydrogens (tertiary/aromatic N) is 1. The van der Waals surface area contributed by atoms with Crippen LogP contribution >= 0.6 is 11.3 Å². The summed E-state index contributed by atoms with van der Waals surface area (Å²) < 4.78 is 4.90. The SMILES string of the molecule is COC(=O)c1c(NC(=O)/C(C#N)=C/c2ccccc2)sc2c1CCCC2. The molecule has 5 nitrogen and oxygen atoms in total. The molecular weight excluding hydrogens is 348 g/mol. The van der Waals surface area contributed by atoms with Crippen LogP contribution in [-0.2, 0) is 22.4 Å². The second-order valence-corrected chi connectivity index (χ2v) is 7.05. The first-order valence-electron chi connectivity index (χ1n) is 8.35. The number of nitrogens with one attached hydrogen (secondary N) is 1. The molecule has 0 atom stereocenters. The Kier molecular flexibility index (Phi) is 5.49. The smallest absolute Gasteiger partial charge is 0.341 e. The number of fused-ring (bicyclic) bond motifs is 1. The van der Waals surface area contributed by atoms with Gasteiger partial charge in [-0.15, -0.1) is 11.3 Å². The molecule has 0 radical (unpaired) electrons. The van der Waals surface area contributed by atoms with Crippen molar-refractivity contribution in [2.75, 3.05) is 12.4 Å². The third kappa shape index (κ3) is 3.68. The molecule has 1 aromatic carbocycles. The average molecular weight is 366 g/mol. The molecule has 6 heteroatoms. The molecule has 132 valence electrons. The summed E-state index contributed by atoms with van der Waals surface area (Å²) in [6, 6.07) is 11.1. The Morgan fingerprint density at radius 1 is 1.23 bits per heavy atom. The topological polar surface area (TPSA) is 79.2 Å². The molecule has 1 aliphatic rings. The Morgan fingerprint density at radius 2 is 1.96 bits per heavy atom. The van der Waals surface area contributed by atoms with E-state index in [-0.39, 0.29) is 5.57 Å². The predicted octanol–water partition coefficient (Wildman–Crippen LogP) is 3.96. The number of rotatable bonds is 4. The van der Waals surface area contributed by atoms with Crippen molar-refractivity contribution in [3.63, 3.8) is 0 Å². The molecule has 26 heavy (non-hydrogen) atoms. The van der Waals surface area contributed by atoms with Crippen molar-refractivity contribution >= 4 is 34.3 Å². The zero-order chi connectivity index (χ0) is 18.5. The minimum Gasteiger partial charge on any atom is -0.465 e. The van der Waals surface area contributed by atoms with Gasteiger partial charge in [0.05, 0.1) is 12.7 Å². The fraction of sp³-hybridized carbons (Fsp3) is 0.250. The van der Waals surface area contributed by atoms with Crippen molar-refractivity contribution in [1.82, 2.24) is 0 Å². The molecule has 0 saturated carbocycles. The molecular formula is C20H18N2O3S. The molecule has 0 unspecified atom stereocenters. The number of hydrogen-bond donors (Lipinski definition) is 1. The summed E-state index contributed by atoms with van der Waals surface area (Å²) in [5, 5.41) is 12.6. The summed E-state index contributed by atoms with van der Waals surface area (Å²) >= 11 is 1.40. The van der Waals surface area contributed by atoms with E-state index in [9.17, 15) is 14.9 Å².